The third-order valence-electron chi connectivity index (χ3n) is 5.10. The fraction of sp³-hybridized carbons (Fsp3) is 0.350. The average Bonchev–Trinajstić information content (AvgIpc) is 3.12. The van der Waals surface area contributed by atoms with Crippen LogP contribution in [0.25, 0.3) is 10.2 Å². The molecule has 0 aliphatic carbocycles. The number of benzene rings is 2. The number of rotatable bonds is 4. The summed E-state index contributed by atoms with van der Waals surface area (Å²) in [6.45, 7) is 4.37. The minimum atomic E-state index is -4.09. The predicted molar refractivity (Wildman–Crippen MR) is 108 cm³/mol. The third kappa shape index (κ3) is 3.86. The highest BCUT2D eigenvalue weighted by molar-refractivity contribution is 7.89. The van der Waals surface area contributed by atoms with Gasteiger partial charge in [-0.05, 0) is 56.0 Å². The van der Waals surface area contributed by atoms with Crippen molar-refractivity contribution < 1.29 is 21.9 Å². The molecule has 0 N–H and O–H groups in total. The number of sulfonamides is 1. The summed E-state index contributed by atoms with van der Waals surface area (Å²) in [5.41, 5.74) is 3.14. The van der Waals surface area contributed by atoms with Crippen LogP contribution < -0.4 is 4.74 Å². The largest absolute Gasteiger partial charge is 0.467 e. The first-order valence-corrected chi connectivity index (χ1v) is 11.5. The number of fused-ring (bicyclic) bond motifs is 1. The van der Waals surface area contributed by atoms with Crippen LogP contribution in [0.5, 0.6) is 5.19 Å². The zero-order valence-corrected chi connectivity index (χ0v) is 17.6. The normalized spacial score (nSPS) is 16.4. The van der Waals surface area contributed by atoms with E-state index < -0.39 is 26.6 Å². The lowest BCUT2D eigenvalue weighted by Crippen LogP contribution is -2.42. The molecule has 0 spiro atoms. The van der Waals surface area contributed by atoms with Crippen LogP contribution in [-0.2, 0) is 10.0 Å². The van der Waals surface area contributed by atoms with Gasteiger partial charge in [-0.25, -0.2) is 22.2 Å². The molecule has 3 aromatic rings. The Hall–Kier alpha value is -2.10. The van der Waals surface area contributed by atoms with Gasteiger partial charge in [0.15, 0.2) is 0 Å². The second kappa shape index (κ2) is 7.62. The smallest absolute Gasteiger partial charge is 0.274 e. The molecule has 1 fully saturated rings. The number of aryl methyl sites for hydroxylation is 2. The highest BCUT2D eigenvalue weighted by atomic mass is 32.2. The molecular formula is C20H20F2N2O3S2. The maximum absolute atomic E-state index is 13.9. The highest BCUT2D eigenvalue weighted by Gasteiger charge is 2.32. The summed E-state index contributed by atoms with van der Waals surface area (Å²) >= 11 is 1.48. The van der Waals surface area contributed by atoms with E-state index >= 15 is 0 Å². The molecule has 0 bridgehead atoms. The maximum atomic E-state index is 13.9. The van der Waals surface area contributed by atoms with E-state index in [4.69, 9.17) is 4.74 Å². The van der Waals surface area contributed by atoms with Gasteiger partial charge in [0.05, 0.1) is 10.2 Å². The monoisotopic (exact) mass is 438 g/mol. The number of thiazole rings is 1. The Morgan fingerprint density at radius 3 is 2.48 bits per heavy atom. The number of piperidine rings is 1. The van der Waals surface area contributed by atoms with Crippen LogP contribution >= 0.6 is 11.3 Å². The molecule has 0 atom stereocenters. The minimum Gasteiger partial charge on any atom is -0.467 e. The summed E-state index contributed by atoms with van der Waals surface area (Å²) in [7, 11) is -4.09. The molecule has 2 aromatic carbocycles. The Bertz CT molecular complexity index is 1130. The first-order chi connectivity index (χ1) is 13.8. The van der Waals surface area contributed by atoms with Gasteiger partial charge in [0.2, 0.25) is 10.0 Å². The number of ether oxygens (including phenoxy) is 1. The van der Waals surface area contributed by atoms with Crippen LogP contribution in [0.4, 0.5) is 8.78 Å². The Morgan fingerprint density at radius 2 is 1.79 bits per heavy atom. The molecule has 9 heteroatoms. The van der Waals surface area contributed by atoms with Gasteiger partial charge in [0.25, 0.3) is 5.19 Å². The average molecular weight is 439 g/mol. The SMILES string of the molecule is Cc1ccc(C)c2sc(OC3CCN(S(=O)(=O)c4cc(F)ccc4F)CC3)nc12. The Labute approximate surface area is 172 Å². The van der Waals surface area contributed by atoms with E-state index in [2.05, 4.69) is 11.1 Å². The summed E-state index contributed by atoms with van der Waals surface area (Å²) in [5.74, 6) is -1.74. The van der Waals surface area contributed by atoms with Crippen molar-refractivity contribution in [3.63, 3.8) is 0 Å². The molecule has 1 saturated heterocycles. The standard InChI is InChI=1S/C20H20F2N2O3S2/c1-12-3-4-13(2)19-18(12)23-20(28-19)27-15-7-9-24(10-8-15)29(25,26)17-11-14(21)5-6-16(17)22/h3-6,11,15H,7-10H2,1-2H3. The topological polar surface area (TPSA) is 59.5 Å². The van der Waals surface area contributed by atoms with Crippen molar-refractivity contribution in [1.29, 1.82) is 0 Å². The van der Waals surface area contributed by atoms with Crippen LogP contribution in [0.3, 0.4) is 0 Å². The van der Waals surface area contributed by atoms with Crippen LogP contribution in [0.15, 0.2) is 35.2 Å². The number of halogens is 2. The molecule has 0 radical (unpaired) electrons. The highest BCUT2D eigenvalue weighted by Crippen LogP contribution is 2.34. The molecule has 0 amide bonds. The van der Waals surface area contributed by atoms with E-state index in [-0.39, 0.29) is 19.2 Å². The molecule has 5 nitrogen and oxygen atoms in total. The molecule has 1 aliphatic heterocycles. The summed E-state index contributed by atoms with van der Waals surface area (Å²) < 4.78 is 61.0. The van der Waals surface area contributed by atoms with Crippen molar-refractivity contribution >= 4 is 31.6 Å². The quantitative estimate of drug-likeness (QED) is 0.605. The first-order valence-electron chi connectivity index (χ1n) is 9.24. The lowest BCUT2D eigenvalue weighted by molar-refractivity contribution is 0.135. The molecule has 2 heterocycles. The fourth-order valence-corrected chi connectivity index (χ4v) is 6.01. The fourth-order valence-electron chi connectivity index (χ4n) is 3.44. The van der Waals surface area contributed by atoms with Crippen molar-refractivity contribution in [1.82, 2.24) is 9.29 Å². The lowest BCUT2D eigenvalue weighted by Gasteiger charge is -2.30. The first kappa shape index (κ1) is 20.2. The number of aromatic nitrogens is 1. The molecular weight excluding hydrogens is 418 g/mol. The van der Waals surface area contributed by atoms with Gasteiger partial charge in [0, 0.05) is 13.1 Å². The van der Waals surface area contributed by atoms with E-state index in [1.165, 1.54) is 15.6 Å². The van der Waals surface area contributed by atoms with Crippen LogP contribution in [0, 0.1) is 25.5 Å². The van der Waals surface area contributed by atoms with Gasteiger partial charge >= 0.3 is 0 Å². The molecule has 29 heavy (non-hydrogen) atoms. The van der Waals surface area contributed by atoms with Gasteiger partial charge in [0.1, 0.15) is 22.6 Å². The molecule has 1 aliphatic rings. The zero-order chi connectivity index (χ0) is 20.8. The Morgan fingerprint density at radius 1 is 1.10 bits per heavy atom. The van der Waals surface area contributed by atoms with E-state index in [0.29, 0.717) is 18.0 Å². The zero-order valence-electron chi connectivity index (χ0n) is 16.0. The minimum absolute atomic E-state index is 0.173. The molecule has 1 aromatic heterocycles. The maximum Gasteiger partial charge on any atom is 0.274 e. The van der Waals surface area contributed by atoms with Crippen molar-refractivity contribution in [3.05, 3.63) is 53.1 Å². The van der Waals surface area contributed by atoms with Gasteiger partial charge in [-0.2, -0.15) is 4.31 Å². The van der Waals surface area contributed by atoms with Crippen molar-refractivity contribution in [2.24, 2.45) is 0 Å². The molecule has 154 valence electrons. The predicted octanol–water partition coefficient (Wildman–Crippen LogP) is 4.42. The Balaban J connectivity index is 1.46. The van der Waals surface area contributed by atoms with Gasteiger partial charge in [-0.15, -0.1) is 0 Å². The summed E-state index contributed by atoms with van der Waals surface area (Å²) in [5, 5.41) is 0.565. The second-order valence-corrected chi connectivity index (χ2v) is 10.0. The Kier molecular flexibility index (Phi) is 5.30. The molecule has 0 saturated carbocycles. The van der Waals surface area contributed by atoms with E-state index in [0.717, 1.165) is 39.5 Å². The molecule has 0 unspecified atom stereocenters. The van der Waals surface area contributed by atoms with E-state index in [1.807, 2.05) is 19.9 Å². The van der Waals surface area contributed by atoms with Crippen LogP contribution in [0.2, 0.25) is 0 Å². The van der Waals surface area contributed by atoms with Gasteiger partial charge in [-0.3, -0.25) is 0 Å². The van der Waals surface area contributed by atoms with Crippen LogP contribution in [-0.4, -0.2) is 36.9 Å². The van der Waals surface area contributed by atoms with Crippen molar-refractivity contribution in [3.8, 4) is 5.19 Å². The van der Waals surface area contributed by atoms with Gasteiger partial charge < -0.3 is 4.74 Å². The second-order valence-electron chi connectivity index (χ2n) is 7.15. The van der Waals surface area contributed by atoms with E-state index in [9.17, 15) is 17.2 Å². The molecule has 4 rings (SSSR count). The number of nitrogens with zero attached hydrogens (tertiary/aromatic N) is 2. The van der Waals surface area contributed by atoms with Crippen molar-refractivity contribution in [2.75, 3.05) is 13.1 Å². The summed E-state index contributed by atoms with van der Waals surface area (Å²) in [6.07, 6.45) is 0.716. The van der Waals surface area contributed by atoms with Gasteiger partial charge in [-0.1, -0.05) is 23.5 Å². The third-order valence-corrected chi connectivity index (χ3v) is 8.10. The summed E-state index contributed by atoms with van der Waals surface area (Å²) in [6, 6.07) is 6.52. The number of hydrogen-bond acceptors (Lipinski definition) is 5. The summed E-state index contributed by atoms with van der Waals surface area (Å²) in [4.78, 5) is 3.95. The van der Waals surface area contributed by atoms with Crippen molar-refractivity contribution in [2.45, 2.75) is 37.7 Å². The van der Waals surface area contributed by atoms with E-state index in [1.54, 1.807) is 0 Å². The lowest BCUT2D eigenvalue weighted by atomic mass is 10.1. The van der Waals surface area contributed by atoms with Crippen LogP contribution in [0.1, 0.15) is 24.0 Å². The number of hydrogen-bond donors (Lipinski definition) is 0.